The van der Waals surface area contributed by atoms with Crippen molar-refractivity contribution >= 4 is 17.8 Å². The van der Waals surface area contributed by atoms with Crippen LogP contribution in [0, 0.1) is 0 Å². The number of urea groups is 1. The average molecular weight is 228 g/mol. The molecule has 7 nitrogen and oxygen atoms in total. The lowest BCUT2D eigenvalue weighted by Crippen LogP contribution is -2.42. The largest absolute Gasteiger partial charge is 0.352 e. The van der Waals surface area contributed by atoms with Crippen LogP contribution in [0.2, 0.25) is 0 Å². The minimum atomic E-state index is -0.606. The summed E-state index contributed by atoms with van der Waals surface area (Å²) in [6.07, 6.45) is 0.184. The van der Waals surface area contributed by atoms with Crippen molar-refractivity contribution in [2.45, 2.75) is 19.4 Å². The van der Waals surface area contributed by atoms with Gasteiger partial charge in [0.15, 0.2) is 0 Å². The Labute approximate surface area is 93.3 Å². The van der Waals surface area contributed by atoms with Gasteiger partial charge in [0, 0.05) is 19.6 Å². The van der Waals surface area contributed by atoms with Crippen LogP contribution in [-0.2, 0) is 9.59 Å². The first-order chi connectivity index (χ1) is 7.56. The van der Waals surface area contributed by atoms with E-state index in [9.17, 15) is 14.4 Å². The predicted molar refractivity (Wildman–Crippen MR) is 56.4 cm³/mol. The summed E-state index contributed by atoms with van der Waals surface area (Å²) in [7, 11) is 0. The molecule has 1 unspecified atom stereocenters. The van der Waals surface area contributed by atoms with E-state index in [4.69, 9.17) is 5.73 Å². The first-order valence-electron chi connectivity index (χ1n) is 5.17. The van der Waals surface area contributed by atoms with Crippen LogP contribution in [0.25, 0.3) is 0 Å². The molecule has 1 aliphatic heterocycles. The van der Waals surface area contributed by atoms with Crippen LogP contribution in [0.15, 0.2) is 0 Å². The van der Waals surface area contributed by atoms with E-state index in [1.807, 2.05) is 0 Å². The molecule has 0 aliphatic carbocycles. The number of amides is 4. The van der Waals surface area contributed by atoms with Crippen molar-refractivity contribution in [1.29, 1.82) is 0 Å². The quantitative estimate of drug-likeness (QED) is 0.389. The first kappa shape index (κ1) is 12.4. The third-order valence-electron chi connectivity index (χ3n) is 2.38. The highest BCUT2D eigenvalue weighted by Gasteiger charge is 2.36. The predicted octanol–water partition coefficient (Wildman–Crippen LogP) is -1.61. The Bertz CT molecular complexity index is 305. The molecule has 4 amide bonds. The number of rotatable bonds is 5. The second-order valence-corrected chi connectivity index (χ2v) is 3.48. The summed E-state index contributed by atoms with van der Waals surface area (Å²) in [4.78, 5) is 34.5. The van der Waals surface area contributed by atoms with E-state index in [1.54, 1.807) is 6.92 Å². The topological polar surface area (TPSA) is 105 Å². The third-order valence-corrected chi connectivity index (χ3v) is 2.38. The minimum absolute atomic E-state index is 0.159. The summed E-state index contributed by atoms with van der Waals surface area (Å²) in [6.45, 7) is 2.89. The maximum atomic E-state index is 11.6. The number of carbonyl (C=O) groups excluding carboxylic acids is 3. The van der Waals surface area contributed by atoms with Gasteiger partial charge in [-0.15, -0.1) is 0 Å². The van der Waals surface area contributed by atoms with Gasteiger partial charge in [-0.1, -0.05) is 0 Å². The average Bonchev–Trinajstić information content (AvgIpc) is 2.48. The van der Waals surface area contributed by atoms with E-state index in [-0.39, 0.29) is 18.2 Å². The summed E-state index contributed by atoms with van der Waals surface area (Å²) < 4.78 is 0. The van der Waals surface area contributed by atoms with Crippen molar-refractivity contribution in [1.82, 2.24) is 15.5 Å². The molecule has 4 N–H and O–H groups in total. The minimum Gasteiger partial charge on any atom is -0.352 e. The number of nitrogens with one attached hydrogen (secondary N) is 2. The molecule has 0 aromatic heterocycles. The van der Waals surface area contributed by atoms with E-state index >= 15 is 0 Å². The molecule has 1 fully saturated rings. The molecule has 16 heavy (non-hydrogen) atoms. The molecule has 0 saturated carbocycles. The second-order valence-electron chi connectivity index (χ2n) is 3.48. The number of nitrogens with two attached hydrogens (primary N) is 1. The van der Waals surface area contributed by atoms with Crippen LogP contribution >= 0.6 is 0 Å². The first-order valence-corrected chi connectivity index (χ1v) is 5.17. The van der Waals surface area contributed by atoms with Crippen molar-refractivity contribution in [2.24, 2.45) is 5.73 Å². The molecule has 0 spiro atoms. The van der Waals surface area contributed by atoms with E-state index in [0.717, 1.165) is 0 Å². The summed E-state index contributed by atoms with van der Waals surface area (Å²) in [5.74, 6) is -0.362. The van der Waals surface area contributed by atoms with Crippen LogP contribution in [0.1, 0.15) is 13.3 Å². The molecule has 0 bridgehead atoms. The molecule has 1 atom stereocenters. The van der Waals surface area contributed by atoms with E-state index in [0.29, 0.717) is 19.6 Å². The Hall–Kier alpha value is -1.63. The SMILES string of the molecule is CCN1C(=O)CC(NCCNC(N)=O)C1=O. The Morgan fingerprint density at radius 3 is 2.69 bits per heavy atom. The van der Waals surface area contributed by atoms with E-state index in [1.165, 1.54) is 4.90 Å². The molecular formula is C9H16N4O3. The van der Waals surface area contributed by atoms with Crippen molar-refractivity contribution in [2.75, 3.05) is 19.6 Å². The smallest absolute Gasteiger partial charge is 0.312 e. The van der Waals surface area contributed by atoms with Crippen molar-refractivity contribution < 1.29 is 14.4 Å². The summed E-state index contributed by atoms with van der Waals surface area (Å²) in [5.41, 5.74) is 4.87. The molecule has 1 aliphatic rings. The number of hydrogen-bond acceptors (Lipinski definition) is 4. The monoisotopic (exact) mass is 228 g/mol. The summed E-state index contributed by atoms with van der Waals surface area (Å²) in [6, 6.07) is -1.08. The number of imide groups is 1. The number of primary amides is 1. The fourth-order valence-electron chi connectivity index (χ4n) is 1.61. The number of nitrogens with zero attached hydrogens (tertiary/aromatic N) is 1. The van der Waals surface area contributed by atoms with Gasteiger partial charge in [-0.25, -0.2) is 4.79 Å². The molecule has 0 aromatic rings. The second kappa shape index (κ2) is 5.45. The zero-order chi connectivity index (χ0) is 12.1. The van der Waals surface area contributed by atoms with Gasteiger partial charge < -0.3 is 16.4 Å². The molecule has 7 heteroatoms. The fourth-order valence-corrected chi connectivity index (χ4v) is 1.61. The van der Waals surface area contributed by atoms with Gasteiger partial charge in [0.1, 0.15) is 0 Å². The molecule has 90 valence electrons. The van der Waals surface area contributed by atoms with Gasteiger partial charge in [0.2, 0.25) is 11.8 Å². The van der Waals surface area contributed by atoms with Crippen molar-refractivity contribution in [3.05, 3.63) is 0 Å². The van der Waals surface area contributed by atoms with Gasteiger partial charge in [-0.3, -0.25) is 14.5 Å². The lowest BCUT2D eigenvalue weighted by molar-refractivity contribution is -0.138. The fraction of sp³-hybridized carbons (Fsp3) is 0.667. The number of likely N-dealkylation sites (tertiary alicyclic amines) is 1. The van der Waals surface area contributed by atoms with Gasteiger partial charge >= 0.3 is 6.03 Å². The van der Waals surface area contributed by atoms with Crippen LogP contribution in [0.3, 0.4) is 0 Å². The van der Waals surface area contributed by atoms with Crippen LogP contribution in [0.5, 0.6) is 0 Å². The Balaban J connectivity index is 2.31. The third kappa shape index (κ3) is 2.93. The molecule has 0 aromatic carbocycles. The van der Waals surface area contributed by atoms with Crippen LogP contribution in [-0.4, -0.2) is 48.4 Å². The van der Waals surface area contributed by atoms with Crippen LogP contribution < -0.4 is 16.4 Å². The van der Waals surface area contributed by atoms with Gasteiger partial charge in [-0.05, 0) is 6.92 Å². The van der Waals surface area contributed by atoms with Crippen LogP contribution in [0.4, 0.5) is 4.79 Å². The van der Waals surface area contributed by atoms with Crippen molar-refractivity contribution in [3.63, 3.8) is 0 Å². The zero-order valence-electron chi connectivity index (χ0n) is 9.16. The maximum Gasteiger partial charge on any atom is 0.312 e. The van der Waals surface area contributed by atoms with Gasteiger partial charge in [0.05, 0.1) is 12.5 Å². The summed E-state index contributed by atoms with van der Waals surface area (Å²) >= 11 is 0. The van der Waals surface area contributed by atoms with E-state index < -0.39 is 12.1 Å². The van der Waals surface area contributed by atoms with Gasteiger partial charge in [-0.2, -0.15) is 0 Å². The highest BCUT2D eigenvalue weighted by Crippen LogP contribution is 2.11. The normalized spacial score (nSPS) is 20.3. The van der Waals surface area contributed by atoms with E-state index in [2.05, 4.69) is 10.6 Å². The highest BCUT2D eigenvalue weighted by atomic mass is 16.2. The lowest BCUT2D eigenvalue weighted by atomic mass is 10.2. The van der Waals surface area contributed by atoms with Crippen molar-refractivity contribution in [3.8, 4) is 0 Å². The molecule has 1 rings (SSSR count). The standard InChI is InChI=1S/C9H16N4O3/c1-2-13-7(14)5-6(8(13)15)11-3-4-12-9(10)16/h6,11H,2-5H2,1H3,(H3,10,12,16). The number of hydrogen-bond donors (Lipinski definition) is 3. The van der Waals surface area contributed by atoms with Gasteiger partial charge in [0.25, 0.3) is 0 Å². The molecular weight excluding hydrogens is 212 g/mol. The molecule has 1 heterocycles. The Morgan fingerprint density at radius 2 is 2.19 bits per heavy atom. The molecule has 1 saturated heterocycles. The summed E-state index contributed by atoms with van der Waals surface area (Å²) in [5, 5.41) is 5.29. The lowest BCUT2D eigenvalue weighted by Gasteiger charge is -2.12. The number of likely N-dealkylation sites (N-methyl/N-ethyl adjacent to an activating group) is 1. The molecule has 0 radical (unpaired) electrons. The number of carbonyl (C=O) groups is 3. The zero-order valence-corrected chi connectivity index (χ0v) is 9.16. The Morgan fingerprint density at radius 1 is 1.50 bits per heavy atom. The highest BCUT2D eigenvalue weighted by molar-refractivity contribution is 6.05. The maximum absolute atomic E-state index is 11.6. The Kier molecular flexibility index (Phi) is 4.24.